The van der Waals surface area contributed by atoms with Gasteiger partial charge in [0, 0.05) is 25.5 Å². The molecule has 3 aromatic rings. The fraction of sp³-hybridized carbons (Fsp3) is 0.130. The van der Waals surface area contributed by atoms with E-state index in [2.05, 4.69) is 16.9 Å². The Morgan fingerprint density at radius 3 is 2.61 bits per heavy atom. The number of aryl methyl sites for hydroxylation is 1. The van der Waals surface area contributed by atoms with E-state index in [0.717, 1.165) is 22.7 Å². The average molecular weight is 373 g/mol. The SMILES string of the molecule is C=CCOc1ccc(/C=C/C(=O)NC(c2ccccc2)c2nccn2C)cc1. The number of hydrogen-bond donors (Lipinski definition) is 1. The van der Waals surface area contributed by atoms with Crippen molar-refractivity contribution < 1.29 is 9.53 Å². The molecule has 1 heterocycles. The molecule has 0 saturated carbocycles. The minimum absolute atomic E-state index is 0.191. The summed E-state index contributed by atoms with van der Waals surface area (Å²) in [5.41, 5.74) is 1.89. The van der Waals surface area contributed by atoms with Gasteiger partial charge in [-0.15, -0.1) is 0 Å². The van der Waals surface area contributed by atoms with Crippen LogP contribution in [-0.2, 0) is 11.8 Å². The number of ether oxygens (including phenoxy) is 1. The van der Waals surface area contributed by atoms with Crippen LogP contribution < -0.4 is 10.1 Å². The van der Waals surface area contributed by atoms with Crippen molar-refractivity contribution in [1.82, 2.24) is 14.9 Å². The Bertz CT molecular complexity index is 943. The third-order valence-corrected chi connectivity index (χ3v) is 4.21. The van der Waals surface area contributed by atoms with Gasteiger partial charge >= 0.3 is 0 Å². The molecular formula is C23H23N3O2. The number of rotatable bonds is 8. The number of amides is 1. The first-order chi connectivity index (χ1) is 13.7. The molecule has 2 aromatic carbocycles. The zero-order chi connectivity index (χ0) is 19.8. The van der Waals surface area contributed by atoms with Crippen LogP contribution in [0.25, 0.3) is 6.08 Å². The number of aromatic nitrogens is 2. The molecule has 0 fully saturated rings. The van der Waals surface area contributed by atoms with E-state index in [1.807, 2.05) is 72.4 Å². The number of carbonyl (C=O) groups excluding carboxylic acids is 1. The predicted molar refractivity (Wildman–Crippen MR) is 111 cm³/mol. The minimum Gasteiger partial charge on any atom is -0.490 e. The van der Waals surface area contributed by atoms with E-state index in [0.29, 0.717) is 6.61 Å². The monoisotopic (exact) mass is 373 g/mol. The van der Waals surface area contributed by atoms with Gasteiger partial charge < -0.3 is 14.6 Å². The van der Waals surface area contributed by atoms with Crippen molar-refractivity contribution in [3.8, 4) is 5.75 Å². The molecule has 0 spiro atoms. The first kappa shape index (κ1) is 19.2. The van der Waals surface area contributed by atoms with E-state index >= 15 is 0 Å². The molecule has 0 aliphatic carbocycles. The summed E-state index contributed by atoms with van der Waals surface area (Å²) in [6, 6.07) is 17.0. The van der Waals surface area contributed by atoms with Crippen LogP contribution >= 0.6 is 0 Å². The molecule has 5 heteroatoms. The van der Waals surface area contributed by atoms with Gasteiger partial charge in [-0.25, -0.2) is 4.98 Å². The van der Waals surface area contributed by atoms with Crippen molar-refractivity contribution >= 4 is 12.0 Å². The number of nitrogens with zero attached hydrogens (tertiary/aromatic N) is 2. The van der Waals surface area contributed by atoms with Crippen molar-refractivity contribution in [2.45, 2.75) is 6.04 Å². The van der Waals surface area contributed by atoms with Crippen LogP contribution in [0.3, 0.4) is 0 Å². The number of nitrogens with one attached hydrogen (secondary N) is 1. The van der Waals surface area contributed by atoms with Gasteiger partial charge in [0.2, 0.25) is 5.91 Å². The van der Waals surface area contributed by atoms with Gasteiger partial charge in [0.15, 0.2) is 0 Å². The molecule has 0 saturated heterocycles. The van der Waals surface area contributed by atoms with Gasteiger partial charge in [0.1, 0.15) is 24.2 Å². The molecule has 3 rings (SSSR count). The molecule has 1 amide bonds. The van der Waals surface area contributed by atoms with E-state index in [4.69, 9.17) is 4.74 Å². The predicted octanol–water partition coefficient (Wildman–Crippen LogP) is 3.90. The Balaban J connectivity index is 1.71. The van der Waals surface area contributed by atoms with Gasteiger partial charge in [0.25, 0.3) is 0 Å². The molecule has 0 aliphatic heterocycles. The molecule has 1 N–H and O–H groups in total. The Kier molecular flexibility index (Phi) is 6.41. The number of benzene rings is 2. The van der Waals surface area contributed by atoms with E-state index in [1.54, 1.807) is 18.3 Å². The van der Waals surface area contributed by atoms with Crippen molar-refractivity contribution in [2.75, 3.05) is 6.61 Å². The van der Waals surface area contributed by atoms with Crippen LogP contribution in [0.5, 0.6) is 5.75 Å². The maximum absolute atomic E-state index is 12.5. The molecule has 0 bridgehead atoms. The van der Waals surface area contributed by atoms with Crippen LogP contribution in [0.1, 0.15) is 23.0 Å². The molecular weight excluding hydrogens is 350 g/mol. The Morgan fingerprint density at radius 2 is 1.96 bits per heavy atom. The lowest BCUT2D eigenvalue weighted by molar-refractivity contribution is -0.117. The standard InChI is InChI=1S/C23H23N3O2/c1-3-17-28-20-12-9-18(10-13-20)11-14-21(27)25-22(19-7-5-4-6-8-19)23-24-15-16-26(23)2/h3-16,22H,1,17H2,2H3,(H,25,27)/b14-11+. The number of carbonyl (C=O) groups is 1. The van der Waals surface area contributed by atoms with Crippen LogP contribution in [-0.4, -0.2) is 22.1 Å². The maximum atomic E-state index is 12.5. The quantitative estimate of drug-likeness (QED) is 0.481. The molecule has 28 heavy (non-hydrogen) atoms. The highest BCUT2D eigenvalue weighted by molar-refractivity contribution is 5.92. The highest BCUT2D eigenvalue weighted by atomic mass is 16.5. The first-order valence-corrected chi connectivity index (χ1v) is 9.02. The normalized spacial score (nSPS) is 11.9. The zero-order valence-electron chi connectivity index (χ0n) is 15.8. The van der Waals surface area contributed by atoms with Gasteiger partial charge in [0.05, 0.1) is 0 Å². The first-order valence-electron chi connectivity index (χ1n) is 9.02. The van der Waals surface area contributed by atoms with Crippen molar-refractivity contribution in [1.29, 1.82) is 0 Å². The molecule has 0 radical (unpaired) electrons. The van der Waals surface area contributed by atoms with Crippen LogP contribution in [0.4, 0.5) is 0 Å². The minimum atomic E-state index is -0.326. The van der Waals surface area contributed by atoms with Crippen molar-refractivity contribution in [3.05, 3.63) is 103 Å². The lowest BCUT2D eigenvalue weighted by Gasteiger charge is -2.18. The smallest absolute Gasteiger partial charge is 0.244 e. The maximum Gasteiger partial charge on any atom is 0.244 e. The molecule has 1 unspecified atom stereocenters. The molecule has 0 aliphatic rings. The summed E-state index contributed by atoms with van der Waals surface area (Å²) in [6.07, 6.45) is 8.58. The largest absolute Gasteiger partial charge is 0.490 e. The Labute approximate surface area is 165 Å². The van der Waals surface area contributed by atoms with Gasteiger partial charge in [-0.2, -0.15) is 0 Å². The van der Waals surface area contributed by atoms with E-state index in [1.165, 1.54) is 6.08 Å². The summed E-state index contributed by atoms with van der Waals surface area (Å²) in [5.74, 6) is 1.35. The summed E-state index contributed by atoms with van der Waals surface area (Å²) in [5, 5.41) is 3.04. The topological polar surface area (TPSA) is 56.1 Å². The summed E-state index contributed by atoms with van der Waals surface area (Å²) < 4.78 is 7.37. The highest BCUT2D eigenvalue weighted by Crippen LogP contribution is 2.20. The second-order valence-corrected chi connectivity index (χ2v) is 6.25. The van der Waals surface area contributed by atoms with E-state index in [9.17, 15) is 4.79 Å². The summed E-state index contributed by atoms with van der Waals surface area (Å²) in [4.78, 5) is 16.9. The average Bonchev–Trinajstić information content (AvgIpc) is 3.16. The van der Waals surface area contributed by atoms with Gasteiger partial charge in [-0.1, -0.05) is 55.1 Å². The molecule has 1 aromatic heterocycles. The second kappa shape index (κ2) is 9.37. The van der Waals surface area contributed by atoms with Crippen LogP contribution in [0.15, 0.2) is 85.7 Å². The van der Waals surface area contributed by atoms with Crippen LogP contribution in [0.2, 0.25) is 0 Å². The van der Waals surface area contributed by atoms with Crippen molar-refractivity contribution in [2.24, 2.45) is 7.05 Å². The Hall–Kier alpha value is -3.60. The summed E-state index contributed by atoms with van der Waals surface area (Å²) >= 11 is 0. The summed E-state index contributed by atoms with van der Waals surface area (Å²) in [7, 11) is 1.91. The van der Waals surface area contributed by atoms with Crippen LogP contribution in [0, 0.1) is 0 Å². The van der Waals surface area contributed by atoms with Gasteiger partial charge in [-0.3, -0.25) is 4.79 Å². The fourth-order valence-electron chi connectivity index (χ4n) is 2.79. The Morgan fingerprint density at radius 1 is 1.21 bits per heavy atom. The second-order valence-electron chi connectivity index (χ2n) is 6.25. The molecule has 1 atom stereocenters. The number of imidazole rings is 1. The molecule has 5 nitrogen and oxygen atoms in total. The molecule has 142 valence electrons. The lowest BCUT2D eigenvalue weighted by Crippen LogP contribution is -2.29. The zero-order valence-corrected chi connectivity index (χ0v) is 15.8. The highest BCUT2D eigenvalue weighted by Gasteiger charge is 2.19. The summed E-state index contributed by atoms with van der Waals surface area (Å²) in [6.45, 7) is 4.09. The lowest BCUT2D eigenvalue weighted by atomic mass is 10.1. The third-order valence-electron chi connectivity index (χ3n) is 4.21. The van der Waals surface area contributed by atoms with Gasteiger partial charge in [-0.05, 0) is 29.3 Å². The third kappa shape index (κ3) is 4.98. The van der Waals surface area contributed by atoms with E-state index < -0.39 is 0 Å². The number of hydrogen-bond acceptors (Lipinski definition) is 3. The fourth-order valence-corrected chi connectivity index (χ4v) is 2.79. The van der Waals surface area contributed by atoms with E-state index in [-0.39, 0.29) is 11.9 Å². The van der Waals surface area contributed by atoms with Crippen molar-refractivity contribution in [3.63, 3.8) is 0 Å².